The first-order valence-electron chi connectivity index (χ1n) is 6.62. The molecule has 0 saturated carbocycles. The summed E-state index contributed by atoms with van der Waals surface area (Å²) in [6, 6.07) is 20.8. The fraction of sp³-hybridized carbons (Fsp3) is 0.111. The fourth-order valence-corrected chi connectivity index (χ4v) is 2.55. The third-order valence-corrected chi connectivity index (χ3v) is 3.78. The van der Waals surface area contributed by atoms with Crippen molar-refractivity contribution in [1.82, 2.24) is 0 Å². The summed E-state index contributed by atoms with van der Waals surface area (Å²) in [5.74, 6) is -0.273. The second-order valence-electron chi connectivity index (χ2n) is 5.24. The van der Waals surface area contributed by atoms with Crippen molar-refractivity contribution in [3.63, 3.8) is 0 Å². The lowest BCUT2D eigenvalue weighted by Gasteiger charge is -2.26. The highest BCUT2D eigenvalue weighted by atomic mass is 19.1. The van der Waals surface area contributed by atoms with Gasteiger partial charge in [0.2, 0.25) is 0 Å². The van der Waals surface area contributed by atoms with Crippen molar-refractivity contribution in [2.45, 2.75) is 12.5 Å². The van der Waals surface area contributed by atoms with E-state index in [1.807, 2.05) is 49.4 Å². The number of halogens is 1. The maximum atomic E-state index is 14.0. The zero-order chi connectivity index (χ0) is 14.2. The molecule has 0 aliphatic carbocycles. The fourth-order valence-electron chi connectivity index (χ4n) is 2.55. The summed E-state index contributed by atoms with van der Waals surface area (Å²) in [4.78, 5) is 0. The molecule has 0 radical (unpaired) electrons. The van der Waals surface area contributed by atoms with Crippen LogP contribution in [0.5, 0.6) is 0 Å². The summed E-state index contributed by atoms with van der Waals surface area (Å²) in [5, 5.41) is 2.26. The van der Waals surface area contributed by atoms with E-state index in [2.05, 4.69) is 6.07 Å². The second kappa shape index (κ2) is 4.73. The maximum Gasteiger partial charge on any atom is 0.128 e. The van der Waals surface area contributed by atoms with Crippen LogP contribution in [0.15, 0.2) is 66.7 Å². The number of hydrogen-bond donors (Lipinski definition) is 1. The van der Waals surface area contributed by atoms with Gasteiger partial charge in [-0.1, -0.05) is 54.6 Å². The maximum absolute atomic E-state index is 14.0. The minimum atomic E-state index is -0.852. The number of rotatable bonds is 2. The largest absolute Gasteiger partial charge is 0.318 e. The molecule has 0 amide bonds. The van der Waals surface area contributed by atoms with E-state index in [0.29, 0.717) is 5.56 Å². The van der Waals surface area contributed by atoms with Crippen molar-refractivity contribution in [2.24, 2.45) is 5.73 Å². The van der Waals surface area contributed by atoms with Crippen LogP contribution in [-0.2, 0) is 5.54 Å². The van der Waals surface area contributed by atoms with E-state index >= 15 is 0 Å². The molecule has 1 unspecified atom stereocenters. The zero-order valence-electron chi connectivity index (χ0n) is 11.3. The summed E-state index contributed by atoms with van der Waals surface area (Å²) in [5.41, 5.74) is 6.97. The molecule has 3 rings (SSSR count). The molecule has 2 heteroatoms. The molecule has 100 valence electrons. The van der Waals surface area contributed by atoms with Gasteiger partial charge in [-0.05, 0) is 35.4 Å². The highest BCUT2D eigenvalue weighted by Crippen LogP contribution is 2.30. The lowest BCUT2D eigenvalue weighted by molar-refractivity contribution is 0.531. The van der Waals surface area contributed by atoms with Gasteiger partial charge in [-0.3, -0.25) is 0 Å². The van der Waals surface area contributed by atoms with Gasteiger partial charge < -0.3 is 5.73 Å². The van der Waals surface area contributed by atoms with Gasteiger partial charge in [-0.2, -0.15) is 0 Å². The van der Waals surface area contributed by atoms with Crippen LogP contribution in [-0.4, -0.2) is 0 Å². The van der Waals surface area contributed by atoms with E-state index in [1.165, 1.54) is 6.07 Å². The van der Waals surface area contributed by atoms with E-state index in [-0.39, 0.29) is 5.82 Å². The molecule has 0 aliphatic rings. The van der Waals surface area contributed by atoms with Crippen molar-refractivity contribution >= 4 is 10.8 Å². The van der Waals surface area contributed by atoms with Gasteiger partial charge in [-0.15, -0.1) is 0 Å². The molecule has 0 heterocycles. The molecule has 1 nitrogen and oxygen atoms in total. The summed E-state index contributed by atoms with van der Waals surface area (Å²) in [6.07, 6.45) is 0. The van der Waals surface area contributed by atoms with E-state index in [9.17, 15) is 4.39 Å². The molecule has 1 atom stereocenters. The van der Waals surface area contributed by atoms with E-state index in [1.54, 1.807) is 12.1 Å². The Morgan fingerprint density at radius 2 is 1.50 bits per heavy atom. The summed E-state index contributed by atoms with van der Waals surface area (Å²) in [6.45, 7) is 1.84. The van der Waals surface area contributed by atoms with Crippen molar-refractivity contribution < 1.29 is 4.39 Å². The second-order valence-corrected chi connectivity index (χ2v) is 5.24. The molecule has 0 fully saturated rings. The number of benzene rings is 3. The molecular weight excluding hydrogens is 249 g/mol. The summed E-state index contributed by atoms with van der Waals surface area (Å²) < 4.78 is 14.0. The average Bonchev–Trinajstić information content (AvgIpc) is 2.47. The Morgan fingerprint density at radius 1 is 0.850 bits per heavy atom. The summed E-state index contributed by atoms with van der Waals surface area (Å²) >= 11 is 0. The van der Waals surface area contributed by atoms with Gasteiger partial charge in [-0.25, -0.2) is 4.39 Å². The molecule has 2 N–H and O–H groups in total. The molecule has 3 aromatic rings. The Hall–Kier alpha value is -2.19. The lowest BCUT2D eigenvalue weighted by atomic mass is 9.84. The van der Waals surface area contributed by atoms with Gasteiger partial charge in [0, 0.05) is 5.56 Å². The topological polar surface area (TPSA) is 26.0 Å². The molecular formula is C18H16FN. The Labute approximate surface area is 117 Å². The minimum absolute atomic E-state index is 0.273. The van der Waals surface area contributed by atoms with Crippen LogP contribution in [0.3, 0.4) is 0 Å². The first kappa shape index (κ1) is 12.8. The minimum Gasteiger partial charge on any atom is -0.318 e. The number of nitrogens with two attached hydrogens (primary N) is 1. The van der Waals surface area contributed by atoms with Gasteiger partial charge in [0.25, 0.3) is 0 Å². The Bertz CT molecular complexity index is 762. The van der Waals surface area contributed by atoms with Crippen LogP contribution in [0.25, 0.3) is 10.8 Å². The molecule has 0 spiro atoms. The summed E-state index contributed by atoms with van der Waals surface area (Å²) in [7, 11) is 0. The number of hydrogen-bond acceptors (Lipinski definition) is 1. The van der Waals surface area contributed by atoms with Crippen LogP contribution in [0, 0.1) is 5.82 Å². The molecule has 20 heavy (non-hydrogen) atoms. The van der Waals surface area contributed by atoms with E-state index in [0.717, 1.165) is 16.3 Å². The van der Waals surface area contributed by atoms with Crippen molar-refractivity contribution in [2.75, 3.05) is 0 Å². The van der Waals surface area contributed by atoms with Gasteiger partial charge in [0.1, 0.15) is 5.82 Å². The van der Waals surface area contributed by atoms with Crippen LogP contribution in [0.2, 0.25) is 0 Å². The average molecular weight is 265 g/mol. The highest BCUT2D eigenvalue weighted by molar-refractivity contribution is 5.83. The van der Waals surface area contributed by atoms with Crippen LogP contribution in [0.4, 0.5) is 4.39 Å². The SMILES string of the molecule is CC(N)(c1ccc2ccccc2c1)c1ccccc1F. The Kier molecular flexibility index (Phi) is 3.03. The smallest absolute Gasteiger partial charge is 0.128 e. The predicted octanol–water partition coefficient (Wildman–Crippen LogP) is 4.20. The molecule has 0 saturated heterocycles. The van der Waals surface area contributed by atoms with Gasteiger partial charge in [0.05, 0.1) is 5.54 Å². The molecule has 0 aliphatic heterocycles. The van der Waals surface area contributed by atoms with E-state index < -0.39 is 5.54 Å². The van der Waals surface area contributed by atoms with Crippen molar-refractivity contribution in [1.29, 1.82) is 0 Å². The van der Waals surface area contributed by atoms with E-state index in [4.69, 9.17) is 5.73 Å². The lowest BCUT2D eigenvalue weighted by Crippen LogP contribution is -2.35. The van der Waals surface area contributed by atoms with Crippen molar-refractivity contribution in [3.8, 4) is 0 Å². The third-order valence-electron chi connectivity index (χ3n) is 3.78. The van der Waals surface area contributed by atoms with Crippen LogP contribution >= 0.6 is 0 Å². The van der Waals surface area contributed by atoms with Gasteiger partial charge in [0.15, 0.2) is 0 Å². The standard InChI is InChI=1S/C18H16FN/c1-18(20,16-8-4-5-9-17(16)19)15-11-10-13-6-2-3-7-14(13)12-15/h2-12H,20H2,1H3. The van der Waals surface area contributed by atoms with Crippen LogP contribution in [0.1, 0.15) is 18.1 Å². The molecule has 0 bridgehead atoms. The normalized spacial score (nSPS) is 14.2. The first-order chi connectivity index (χ1) is 9.59. The first-order valence-corrected chi connectivity index (χ1v) is 6.62. The van der Waals surface area contributed by atoms with Gasteiger partial charge >= 0.3 is 0 Å². The Morgan fingerprint density at radius 3 is 2.25 bits per heavy atom. The van der Waals surface area contributed by atoms with Crippen LogP contribution < -0.4 is 5.73 Å². The monoisotopic (exact) mass is 265 g/mol. The highest BCUT2D eigenvalue weighted by Gasteiger charge is 2.26. The predicted molar refractivity (Wildman–Crippen MR) is 81.0 cm³/mol. The number of fused-ring (bicyclic) bond motifs is 1. The van der Waals surface area contributed by atoms with Crippen molar-refractivity contribution in [3.05, 3.63) is 83.7 Å². The third kappa shape index (κ3) is 2.08. The molecule has 0 aromatic heterocycles. The quantitative estimate of drug-likeness (QED) is 0.738. The Balaban J connectivity index is 2.16. The zero-order valence-corrected chi connectivity index (χ0v) is 11.3. The molecule has 3 aromatic carbocycles.